The van der Waals surface area contributed by atoms with Gasteiger partial charge in [-0.25, -0.2) is 0 Å². The average Bonchev–Trinajstić information content (AvgIpc) is 3.24. The number of nitrogens with zero attached hydrogens (tertiary/aromatic N) is 2. The third-order valence-corrected chi connectivity index (χ3v) is 4.95. The number of aromatic amines is 1. The molecule has 124 valence electrons. The van der Waals surface area contributed by atoms with Crippen LogP contribution >= 0.6 is 23.6 Å². The first-order valence-corrected chi connectivity index (χ1v) is 8.94. The highest BCUT2D eigenvalue weighted by atomic mass is 32.1. The lowest BCUT2D eigenvalue weighted by Crippen LogP contribution is -2.31. The minimum atomic E-state index is -0.0758. The summed E-state index contributed by atoms with van der Waals surface area (Å²) in [5.41, 5.74) is 1.21. The van der Waals surface area contributed by atoms with Gasteiger partial charge in [0.1, 0.15) is 6.54 Å². The fraction of sp³-hybridized carbons (Fsp3) is 0.235. The van der Waals surface area contributed by atoms with Crippen LogP contribution in [0.1, 0.15) is 18.4 Å². The summed E-state index contributed by atoms with van der Waals surface area (Å²) in [6.45, 7) is 2.84. The second kappa shape index (κ2) is 7.55. The zero-order chi connectivity index (χ0) is 16.9. The molecule has 1 aromatic carbocycles. The van der Waals surface area contributed by atoms with E-state index in [-0.39, 0.29) is 18.4 Å². The van der Waals surface area contributed by atoms with Crippen LogP contribution in [0.2, 0.25) is 0 Å². The zero-order valence-corrected chi connectivity index (χ0v) is 14.9. The number of amides is 1. The summed E-state index contributed by atoms with van der Waals surface area (Å²) in [4.78, 5) is 13.3. The van der Waals surface area contributed by atoms with E-state index in [0.717, 1.165) is 4.88 Å². The van der Waals surface area contributed by atoms with Crippen LogP contribution in [0.5, 0.6) is 0 Å². The lowest BCUT2D eigenvalue weighted by atomic mass is 10.0. The van der Waals surface area contributed by atoms with Crippen molar-refractivity contribution in [1.82, 2.24) is 20.1 Å². The molecule has 0 saturated carbocycles. The highest BCUT2D eigenvalue weighted by Crippen LogP contribution is 2.22. The molecule has 3 aromatic rings. The van der Waals surface area contributed by atoms with Gasteiger partial charge in [-0.1, -0.05) is 43.3 Å². The Balaban J connectivity index is 1.64. The molecule has 0 fully saturated rings. The zero-order valence-electron chi connectivity index (χ0n) is 13.2. The van der Waals surface area contributed by atoms with Crippen molar-refractivity contribution < 1.29 is 4.79 Å². The molecule has 0 bridgehead atoms. The van der Waals surface area contributed by atoms with Gasteiger partial charge in [0.25, 0.3) is 0 Å². The summed E-state index contributed by atoms with van der Waals surface area (Å²) in [7, 11) is 0. The monoisotopic (exact) mass is 358 g/mol. The molecule has 1 unspecified atom stereocenters. The Morgan fingerprint density at radius 3 is 2.83 bits per heavy atom. The summed E-state index contributed by atoms with van der Waals surface area (Å²) >= 11 is 6.81. The van der Waals surface area contributed by atoms with Gasteiger partial charge < -0.3 is 5.32 Å². The van der Waals surface area contributed by atoms with E-state index in [4.69, 9.17) is 12.2 Å². The molecule has 0 aliphatic carbocycles. The molecule has 2 heterocycles. The number of thiophene rings is 1. The van der Waals surface area contributed by atoms with Gasteiger partial charge >= 0.3 is 0 Å². The number of hydrogen-bond donors (Lipinski definition) is 2. The topological polar surface area (TPSA) is 62.7 Å². The summed E-state index contributed by atoms with van der Waals surface area (Å²) in [6, 6.07) is 14.0. The molecule has 3 rings (SSSR count). The first kappa shape index (κ1) is 16.6. The van der Waals surface area contributed by atoms with Gasteiger partial charge in [-0.2, -0.15) is 5.10 Å². The maximum Gasteiger partial charge on any atom is 0.240 e. The molecular weight excluding hydrogens is 340 g/mol. The summed E-state index contributed by atoms with van der Waals surface area (Å²) < 4.78 is 2.17. The van der Waals surface area contributed by atoms with Crippen molar-refractivity contribution in [2.24, 2.45) is 0 Å². The van der Waals surface area contributed by atoms with E-state index in [0.29, 0.717) is 17.1 Å². The van der Waals surface area contributed by atoms with Crippen molar-refractivity contribution in [2.75, 3.05) is 6.54 Å². The number of rotatable bonds is 6. The fourth-order valence-electron chi connectivity index (χ4n) is 2.42. The van der Waals surface area contributed by atoms with Crippen molar-refractivity contribution in [2.45, 2.75) is 19.4 Å². The Kier molecular flexibility index (Phi) is 5.22. The lowest BCUT2D eigenvalue weighted by Gasteiger charge is -2.13. The first-order chi connectivity index (χ1) is 11.6. The molecule has 24 heavy (non-hydrogen) atoms. The van der Waals surface area contributed by atoms with E-state index >= 15 is 0 Å². The highest BCUT2D eigenvalue weighted by molar-refractivity contribution is 7.71. The van der Waals surface area contributed by atoms with Gasteiger partial charge in [0.05, 0.1) is 4.88 Å². The van der Waals surface area contributed by atoms with E-state index < -0.39 is 0 Å². The van der Waals surface area contributed by atoms with Crippen molar-refractivity contribution in [3.8, 4) is 10.7 Å². The minimum absolute atomic E-state index is 0.0758. The molecule has 1 amide bonds. The van der Waals surface area contributed by atoms with E-state index in [1.54, 1.807) is 15.9 Å². The molecule has 2 N–H and O–H groups in total. The highest BCUT2D eigenvalue weighted by Gasteiger charge is 2.14. The average molecular weight is 358 g/mol. The number of H-pyrrole nitrogens is 1. The SMILES string of the molecule is CC(CNC(=O)Cn1c(-c2cccs2)n[nH]c1=S)c1ccccc1. The van der Waals surface area contributed by atoms with Crippen molar-refractivity contribution in [3.63, 3.8) is 0 Å². The number of carbonyl (C=O) groups excluding carboxylic acids is 1. The Morgan fingerprint density at radius 2 is 2.12 bits per heavy atom. The van der Waals surface area contributed by atoms with Crippen LogP contribution in [0.3, 0.4) is 0 Å². The molecule has 5 nitrogen and oxygen atoms in total. The standard InChI is InChI=1S/C17H18N4OS2/c1-12(13-6-3-2-4-7-13)10-18-15(22)11-21-16(19-20-17(21)23)14-8-5-9-24-14/h2-9,12H,10-11H2,1H3,(H,18,22)(H,20,23). The largest absolute Gasteiger partial charge is 0.354 e. The maximum atomic E-state index is 12.3. The van der Waals surface area contributed by atoms with E-state index in [9.17, 15) is 4.79 Å². The maximum absolute atomic E-state index is 12.3. The van der Waals surface area contributed by atoms with E-state index in [1.165, 1.54) is 5.56 Å². The van der Waals surface area contributed by atoms with Crippen molar-refractivity contribution in [1.29, 1.82) is 0 Å². The lowest BCUT2D eigenvalue weighted by molar-refractivity contribution is -0.121. The smallest absolute Gasteiger partial charge is 0.240 e. The predicted octanol–water partition coefficient (Wildman–Crippen LogP) is 3.59. The van der Waals surface area contributed by atoms with Crippen LogP contribution in [-0.4, -0.2) is 27.2 Å². The van der Waals surface area contributed by atoms with Crippen LogP contribution in [0, 0.1) is 4.77 Å². The van der Waals surface area contributed by atoms with Gasteiger partial charge in [0.15, 0.2) is 10.6 Å². The second-order valence-corrected chi connectivity index (χ2v) is 6.87. The van der Waals surface area contributed by atoms with Crippen LogP contribution in [0.15, 0.2) is 47.8 Å². The molecular formula is C17H18N4OS2. The predicted molar refractivity (Wildman–Crippen MR) is 98.6 cm³/mol. The quantitative estimate of drug-likeness (QED) is 0.662. The van der Waals surface area contributed by atoms with Gasteiger partial charge in [-0.3, -0.25) is 14.5 Å². The van der Waals surface area contributed by atoms with Crippen LogP contribution in [-0.2, 0) is 11.3 Å². The summed E-state index contributed by atoms with van der Waals surface area (Å²) in [5.74, 6) is 0.874. The van der Waals surface area contributed by atoms with Gasteiger partial charge in [0, 0.05) is 6.54 Å². The molecule has 2 aromatic heterocycles. The summed E-state index contributed by atoms with van der Waals surface area (Å²) in [5, 5.41) is 11.9. The van der Waals surface area contributed by atoms with Gasteiger partial charge in [-0.05, 0) is 35.1 Å². The van der Waals surface area contributed by atoms with Gasteiger partial charge in [0.2, 0.25) is 5.91 Å². The number of nitrogens with one attached hydrogen (secondary N) is 2. The number of benzene rings is 1. The minimum Gasteiger partial charge on any atom is -0.354 e. The number of carbonyl (C=O) groups is 1. The molecule has 0 spiro atoms. The van der Waals surface area contributed by atoms with Gasteiger partial charge in [-0.15, -0.1) is 11.3 Å². The van der Waals surface area contributed by atoms with E-state index in [2.05, 4.69) is 34.6 Å². The second-order valence-electron chi connectivity index (χ2n) is 5.53. The third-order valence-electron chi connectivity index (χ3n) is 3.78. The molecule has 0 aliphatic rings. The normalized spacial score (nSPS) is 12.0. The van der Waals surface area contributed by atoms with Crippen LogP contribution in [0.4, 0.5) is 0 Å². The molecule has 0 saturated heterocycles. The molecule has 1 atom stereocenters. The molecule has 0 radical (unpaired) electrons. The summed E-state index contributed by atoms with van der Waals surface area (Å²) in [6.07, 6.45) is 0. The van der Waals surface area contributed by atoms with Crippen LogP contribution < -0.4 is 5.32 Å². The van der Waals surface area contributed by atoms with E-state index in [1.807, 2.05) is 35.7 Å². The Morgan fingerprint density at radius 1 is 1.33 bits per heavy atom. The Bertz CT molecular complexity index is 852. The number of hydrogen-bond acceptors (Lipinski definition) is 4. The fourth-order valence-corrected chi connectivity index (χ4v) is 3.34. The van der Waals surface area contributed by atoms with Crippen molar-refractivity contribution in [3.05, 3.63) is 58.2 Å². The third kappa shape index (κ3) is 3.80. The molecule has 7 heteroatoms. The Labute approximate surface area is 149 Å². The molecule has 0 aliphatic heterocycles. The first-order valence-electron chi connectivity index (χ1n) is 7.66. The van der Waals surface area contributed by atoms with Crippen LogP contribution in [0.25, 0.3) is 10.7 Å². The number of aromatic nitrogens is 3. The Hall–Kier alpha value is -2.25. The van der Waals surface area contributed by atoms with Crippen molar-refractivity contribution >= 4 is 29.5 Å².